The Morgan fingerprint density at radius 2 is 2.30 bits per heavy atom. The van der Waals surface area contributed by atoms with E-state index in [-0.39, 0.29) is 11.9 Å². The van der Waals surface area contributed by atoms with E-state index in [1.807, 2.05) is 11.6 Å². The number of halogens is 2. The van der Waals surface area contributed by atoms with Gasteiger partial charge in [0.1, 0.15) is 5.82 Å². The zero-order chi connectivity index (χ0) is 14.1. The van der Waals surface area contributed by atoms with Crippen LogP contribution in [0.3, 0.4) is 0 Å². The standard InChI is InChI=1S/C13H15BrFN5/c1-8(11-6-9(15)2-5-12(11)14)16-7-13-17-18-19-20(13)10-3-4-10/h2,5-6,8,10,16H,3-4,7H2,1H3. The van der Waals surface area contributed by atoms with E-state index in [9.17, 15) is 4.39 Å². The predicted octanol–water partition coefficient (Wildman–Crippen LogP) is 2.76. The zero-order valence-corrected chi connectivity index (χ0v) is 12.6. The second-order valence-electron chi connectivity index (χ2n) is 5.04. The fourth-order valence-electron chi connectivity index (χ4n) is 2.13. The van der Waals surface area contributed by atoms with Crippen molar-refractivity contribution in [2.45, 2.75) is 38.4 Å². The average molecular weight is 340 g/mol. The Morgan fingerprint density at radius 3 is 3.05 bits per heavy atom. The van der Waals surface area contributed by atoms with E-state index in [1.54, 1.807) is 6.07 Å². The molecule has 0 aliphatic heterocycles. The van der Waals surface area contributed by atoms with E-state index >= 15 is 0 Å². The van der Waals surface area contributed by atoms with Crippen LogP contribution in [0.15, 0.2) is 22.7 Å². The summed E-state index contributed by atoms with van der Waals surface area (Å²) in [5.41, 5.74) is 0.885. The largest absolute Gasteiger partial charge is 0.303 e. The van der Waals surface area contributed by atoms with Crippen LogP contribution in [0, 0.1) is 5.82 Å². The second kappa shape index (κ2) is 5.57. The van der Waals surface area contributed by atoms with Gasteiger partial charge in [0, 0.05) is 10.5 Å². The van der Waals surface area contributed by atoms with Crippen LogP contribution in [-0.4, -0.2) is 20.2 Å². The normalized spacial score (nSPS) is 16.4. The van der Waals surface area contributed by atoms with Crippen molar-refractivity contribution >= 4 is 15.9 Å². The molecule has 3 rings (SSSR count). The maximum absolute atomic E-state index is 13.3. The van der Waals surface area contributed by atoms with E-state index in [4.69, 9.17) is 0 Å². The monoisotopic (exact) mass is 339 g/mol. The summed E-state index contributed by atoms with van der Waals surface area (Å²) in [5.74, 6) is 0.589. The summed E-state index contributed by atoms with van der Waals surface area (Å²) >= 11 is 3.45. The molecule has 1 unspecified atom stereocenters. The quantitative estimate of drug-likeness (QED) is 0.909. The van der Waals surface area contributed by atoms with Crippen molar-refractivity contribution in [1.82, 2.24) is 25.5 Å². The molecule has 5 nitrogen and oxygen atoms in total. The number of aromatic nitrogens is 4. The summed E-state index contributed by atoms with van der Waals surface area (Å²) in [5, 5.41) is 15.1. The molecule has 1 fully saturated rings. The Kier molecular flexibility index (Phi) is 3.80. The number of benzene rings is 1. The third-order valence-electron chi connectivity index (χ3n) is 3.44. The summed E-state index contributed by atoms with van der Waals surface area (Å²) in [6.45, 7) is 2.55. The van der Waals surface area contributed by atoms with Gasteiger partial charge in [-0.3, -0.25) is 0 Å². The molecule has 20 heavy (non-hydrogen) atoms. The highest BCUT2D eigenvalue weighted by molar-refractivity contribution is 9.10. The van der Waals surface area contributed by atoms with Gasteiger partial charge in [-0.2, -0.15) is 0 Å². The highest BCUT2D eigenvalue weighted by atomic mass is 79.9. The van der Waals surface area contributed by atoms with Crippen LogP contribution in [-0.2, 0) is 6.54 Å². The predicted molar refractivity (Wildman–Crippen MR) is 75.4 cm³/mol. The van der Waals surface area contributed by atoms with E-state index < -0.39 is 0 Å². The number of tetrazole rings is 1. The molecular formula is C13H15BrFN5. The van der Waals surface area contributed by atoms with Crippen molar-refractivity contribution in [3.05, 3.63) is 39.9 Å². The van der Waals surface area contributed by atoms with E-state index in [0.29, 0.717) is 12.6 Å². The Hall–Kier alpha value is -1.34. The molecule has 1 atom stereocenters. The lowest BCUT2D eigenvalue weighted by molar-refractivity contribution is 0.513. The Morgan fingerprint density at radius 1 is 1.50 bits per heavy atom. The van der Waals surface area contributed by atoms with Crippen LogP contribution in [0.5, 0.6) is 0 Å². The first-order chi connectivity index (χ1) is 9.65. The van der Waals surface area contributed by atoms with Crippen molar-refractivity contribution in [2.24, 2.45) is 0 Å². The second-order valence-corrected chi connectivity index (χ2v) is 5.89. The van der Waals surface area contributed by atoms with Crippen molar-refractivity contribution in [1.29, 1.82) is 0 Å². The van der Waals surface area contributed by atoms with E-state index in [2.05, 4.69) is 36.8 Å². The van der Waals surface area contributed by atoms with E-state index in [0.717, 1.165) is 28.7 Å². The molecule has 0 saturated heterocycles. The summed E-state index contributed by atoms with van der Waals surface area (Å²) in [6, 6.07) is 5.15. The summed E-state index contributed by atoms with van der Waals surface area (Å²) in [4.78, 5) is 0. The number of nitrogens with one attached hydrogen (secondary N) is 1. The third kappa shape index (κ3) is 2.88. The number of nitrogens with zero attached hydrogens (tertiary/aromatic N) is 4. The fourth-order valence-corrected chi connectivity index (χ4v) is 2.72. The maximum atomic E-state index is 13.3. The summed E-state index contributed by atoms with van der Waals surface area (Å²) < 4.78 is 16.1. The molecule has 1 aliphatic rings. The summed E-state index contributed by atoms with van der Waals surface area (Å²) in [6.07, 6.45) is 2.28. The van der Waals surface area contributed by atoms with Crippen LogP contribution in [0.4, 0.5) is 4.39 Å². The molecule has 2 aromatic rings. The molecular weight excluding hydrogens is 325 g/mol. The molecule has 106 valence electrons. The molecule has 0 radical (unpaired) electrons. The average Bonchev–Trinajstić information content (AvgIpc) is 3.18. The molecule has 0 amide bonds. The van der Waals surface area contributed by atoms with Crippen LogP contribution in [0.2, 0.25) is 0 Å². The van der Waals surface area contributed by atoms with Crippen molar-refractivity contribution < 1.29 is 4.39 Å². The van der Waals surface area contributed by atoms with Crippen LogP contribution >= 0.6 is 15.9 Å². The van der Waals surface area contributed by atoms with Gasteiger partial charge in [-0.15, -0.1) is 5.10 Å². The van der Waals surface area contributed by atoms with Gasteiger partial charge in [-0.25, -0.2) is 9.07 Å². The van der Waals surface area contributed by atoms with E-state index in [1.165, 1.54) is 12.1 Å². The lowest BCUT2D eigenvalue weighted by Crippen LogP contribution is -2.21. The SMILES string of the molecule is CC(NCc1nnnn1C1CC1)c1cc(F)ccc1Br. The first kappa shape index (κ1) is 13.6. The molecule has 7 heteroatoms. The molecule has 1 aromatic carbocycles. The topological polar surface area (TPSA) is 55.6 Å². The molecule has 1 aromatic heterocycles. The Balaban J connectivity index is 1.68. The third-order valence-corrected chi connectivity index (χ3v) is 4.17. The van der Waals surface area contributed by atoms with Gasteiger partial charge in [-0.05, 0) is 54.0 Å². The van der Waals surface area contributed by atoms with Gasteiger partial charge < -0.3 is 5.32 Å². The lowest BCUT2D eigenvalue weighted by Gasteiger charge is -2.15. The molecule has 1 N–H and O–H groups in total. The summed E-state index contributed by atoms with van der Waals surface area (Å²) in [7, 11) is 0. The minimum absolute atomic E-state index is 0.00410. The Labute approximate surface area is 124 Å². The highest BCUT2D eigenvalue weighted by Crippen LogP contribution is 2.34. The van der Waals surface area contributed by atoms with Crippen LogP contribution < -0.4 is 5.32 Å². The number of hydrogen-bond donors (Lipinski definition) is 1. The first-order valence-corrected chi connectivity index (χ1v) is 7.39. The van der Waals surface area contributed by atoms with Crippen molar-refractivity contribution in [2.75, 3.05) is 0 Å². The van der Waals surface area contributed by atoms with Gasteiger partial charge in [0.25, 0.3) is 0 Å². The van der Waals surface area contributed by atoms with Gasteiger partial charge in [0.2, 0.25) is 0 Å². The lowest BCUT2D eigenvalue weighted by atomic mass is 10.1. The zero-order valence-electron chi connectivity index (χ0n) is 11.1. The smallest absolute Gasteiger partial charge is 0.165 e. The Bertz CT molecular complexity index is 611. The van der Waals surface area contributed by atoms with Crippen molar-refractivity contribution in [3.63, 3.8) is 0 Å². The number of hydrogen-bond acceptors (Lipinski definition) is 4. The van der Waals surface area contributed by atoms with Gasteiger partial charge in [0.15, 0.2) is 5.82 Å². The highest BCUT2D eigenvalue weighted by Gasteiger charge is 2.27. The minimum Gasteiger partial charge on any atom is -0.303 e. The van der Waals surface area contributed by atoms with Crippen LogP contribution in [0.25, 0.3) is 0 Å². The first-order valence-electron chi connectivity index (χ1n) is 6.60. The molecule has 1 aliphatic carbocycles. The van der Waals surface area contributed by atoms with Gasteiger partial charge in [0.05, 0.1) is 12.6 Å². The molecule has 1 heterocycles. The minimum atomic E-state index is -0.236. The van der Waals surface area contributed by atoms with Gasteiger partial charge >= 0.3 is 0 Å². The van der Waals surface area contributed by atoms with Crippen molar-refractivity contribution in [3.8, 4) is 0 Å². The fraction of sp³-hybridized carbons (Fsp3) is 0.462. The van der Waals surface area contributed by atoms with Gasteiger partial charge in [-0.1, -0.05) is 15.9 Å². The molecule has 0 bridgehead atoms. The molecule has 0 spiro atoms. The maximum Gasteiger partial charge on any atom is 0.165 e. The molecule has 1 saturated carbocycles. The number of rotatable bonds is 5. The van der Waals surface area contributed by atoms with Crippen LogP contribution in [0.1, 0.15) is 43.2 Å².